The Morgan fingerprint density at radius 2 is 2.20 bits per heavy atom. The SMILES string of the molecule is [CH2][C@H]1C[C@@]12C[C@@H]2CCCC. The highest BCUT2D eigenvalue weighted by molar-refractivity contribution is 5.18. The minimum atomic E-state index is 0.815. The summed E-state index contributed by atoms with van der Waals surface area (Å²) in [6.07, 6.45) is 7.26. The van der Waals surface area contributed by atoms with Crippen molar-refractivity contribution < 1.29 is 0 Å². The molecule has 57 valence electrons. The Bertz CT molecular complexity index is 139. The van der Waals surface area contributed by atoms with Crippen LogP contribution >= 0.6 is 0 Å². The van der Waals surface area contributed by atoms with E-state index in [1.54, 1.807) is 0 Å². The maximum absolute atomic E-state index is 4.12. The molecule has 0 amide bonds. The fourth-order valence-electron chi connectivity index (χ4n) is 2.39. The maximum atomic E-state index is 4.12. The average Bonchev–Trinajstić information content (AvgIpc) is 2.74. The predicted molar refractivity (Wildman–Crippen MR) is 43.5 cm³/mol. The van der Waals surface area contributed by atoms with Gasteiger partial charge in [0, 0.05) is 0 Å². The Kier molecular flexibility index (Phi) is 1.33. The molecule has 0 bridgehead atoms. The molecule has 0 heteroatoms. The van der Waals surface area contributed by atoms with Gasteiger partial charge in [-0.3, -0.25) is 0 Å². The molecular weight excluding hydrogens is 120 g/mol. The third-order valence-electron chi connectivity index (χ3n) is 3.46. The van der Waals surface area contributed by atoms with E-state index in [0.717, 1.165) is 17.3 Å². The quantitative estimate of drug-likeness (QED) is 0.561. The van der Waals surface area contributed by atoms with E-state index in [2.05, 4.69) is 13.8 Å². The van der Waals surface area contributed by atoms with Gasteiger partial charge in [0.15, 0.2) is 0 Å². The first-order valence-electron chi connectivity index (χ1n) is 4.62. The minimum Gasteiger partial charge on any atom is -0.0654 e. The van der Waals surface area contributed by atoms with Crippen LogP contribution in [0.1, 0.15) is 39.0 Å². The molecule has 0 aromatic rings. The number of rotatable bonds is 3. The molecule has 0 aromatic carbocycles. The standard InChI is InChI=1S/C10H17/c1-3-4-5-9-7-10(9)6-8(10)2/h8-9H,2-7H2,1H3/t8-,9-,10+/m0/s1. The van der Waals surface area contributed by atoms with Gasteiger partial charge in [-0.1, -0.05) is 19.8 Å². The lowest BCUT2D eigenvalue weighted by Crippen LogP contribution is -1.83. The topological polar surface area (TPSA) is 0 Å². The number of unbranched alkanes of at least 4 members (excludes halogenated alkanes) is 1. The van der Waals surface area contributed by atoms with Gasteiger partial charge < -0.3 is 0 Å². The van der Waals surface area contributed by atoms with E-state index in [0.29, 0.717) is 0 Å². The van der Waals surface area contributed by atoms with Crippen LogP contribution in [-0.2, 0) is 0 Å². The zero-order valence-electron chi connectivity index (χ0n) is 6.90. The van der Waals surface area contributed by atoms with Crippen molar-refractivity contribution in [1.82, 2.24) is 0 Å². The van der Waals surface area contributed by atoms with Gasteiger partial charge in [0.1, 0.15) is 0 Å². The first-order chi connectivity index (χ1) is 4.79. The fourth-order valence-corrected chi connectivity index (χ4v) is 2.39. The first-order valence-corrected chi connectivity index (χ1v) is 4.62. The number of hydrogen-bond donors (Lipinski definition) is 0. The molecule has 0 saturated heterocycles. The maximum Gasteiger partial charge on any atom is -0.0235 e. The van der Waals surface area contributed by atoms with Crippen LogP contribution in [0.5, 0.6) is 0 Å². The molecule has 3 atom stereocenters. The Balaban J connectivity index is 1.71. The second-order valence-electron chi connectivity index (χ2n) is 4.18. The van der Waals surface area contributed by atoms with Gasteiger partial charge in [0.25, 0.3) is 0 Å². The van der Waals surface area contributed by atoms with Gasteiger partial charge >= 0.3 is 0 Å². The van der Waals surface area contributed by atoms with Crippen molar-refractivity contribution in [3.05, 3.63) is 6.92 Å². The summed E-state index contributed by atoms with van der Waals surface area (Å²) in [6.45, 7) is 6.40. The summed E-state index contributed by atoms with van der Waals surface area (Å²) in [5.74, 6) is 1.93. The van der Waals surface area contributed by atoms with Crippen LogP contribution in [-0.4, -0.2) is 0 Å². The van der Waals surface area contributed by atoms with Crippen molar-refractivity contribution in [2.45, 2.75) is 39.0 Å². The van der Waals surface area contributed by atoms with Crippen molar-refractivity contribution in [3.63, 3.8) is 0 Å². The van der Waals surface area contributed by atoms with Crippen LogP contribution < -0.4 is 0 Å². The molecule has 1 radical (unpaired) electrons. The summed E-state index contributed by atoms with van der Waals surface area (Å²) < 4.78 is 0. The van der Waals surface area contributed by atoms with E-state index in [1.165, 1.54) is 32.1 Å². The Hall–Kier alpha value is 0. The van der Waals surface area contributed by atoms with Crippen LogP contribution in [0, 0.1) is 24.2 Å². The van der Waals surface area contributed by atoms with Gasteiger partial charge in [0.2, 0.25) is 0 Å². The van der Waals surface area contributed by atoms with Crippen LogP contribution in [0.25, 0.3) is 0 Å². The smallest absolute Gasteiger partial charge is 0.0235 e. The highest BCUT2D eigenvalue weighted by atomic mass is 14.7. The zero-order valence-corrected chi connectivity index (χ0v) is 6.90. The second kappa shape index (κ2) is 1.99. The predicted octanol–water partition coefficient (Wildman–Crippen LogP) is 3.04. The molecule has 1 spiro atoms. The highest BCUT2D eigenvalue weighted by Crippen LogP contribution is 2.75. The number of hydrogen-bond acceptors (Lipinski definition) is 0. The molecule has 0 aliphatic heterocycles. The Morgan fingerprint density at radius 3 is 2.60 bits per heavy atom. The van der Waals surface area contributed by atoms with E-state index in [1.807, 2.05) is 0 Å². The molecule has 2 rings (SSSR count). The summed E-state index contributed by atoms with van der Waals surface area (Å²) in [4.78, 5) is 0. The fraction of sp³-hybridized carbons (Fsp3) is 0.900. The molecule has 2 fully saturated rings. The zero-order chi connectivity index (χ0) is 7.19. The van der Waals surface area contributed by atoms with E-state index in [4.69, 9.17) is 0 Å². The van der Waals surface area contributed by atoms with Crippen molar-refractivity contribution in [1.29, 1.82) is 0 Å². The summed E-state index contributed by atoms with van der Waals surface area (Å²) in [5.41, 5.74) is 0.815. The van der Waals surface area contributed by atoms with Crippen LogP contribution in [0.3, 0.4) is 0 Å². The lowest BCUT2D eigenvalue weighted by atomic mass is 10.1. The molecule has 2 saturated carbocycles. The van der Waals surface area contributed by atoms with Crippen LogP contribution in [0.2, 0.25) is 0 Å². The van der Waals surface area contributed by atoms with Gasteiger partial charge in [-0.15, -0.1) is 0 Å². The Labute approximate surface area is 64.0 Å². The average molecular weight is 137 g/mol. The molecule has 2 aliphatic carbocycles. The van der Waals surface area contributed by atoms with E-state index in [-0.39, 0.29) is 0 Å². The monoisotopic (exact) mass is 137 g/mol. The van der Waals surface area contributed by atoms with Crippen molar-refractivity contribution in [2.24, 2.45) is 17.3 Å². The molecular formula is C10H17. The second-order valence-corrected chi connectivity index (χ2v) is 4.18. The molecule has 0 nitrogen and oxygen atoms in total. The molecule has 0 aromatic heterocycles. The molecule has 10 heavy (non-hydrogen) atoms. The summed E-state index contributed by atoms with van der Waals surface area (Å²) in [5, 5.41) is 0. The third kappa shape index (κ3) is 0.810. The van der Waals surface area contributed by atoms with Crippen molar-refractivity contribution in [2.75, 3.05) is 0 Å². The Morgan fingerprint density at radius 1 is 1.50 bits per heavy atom. The summed E-state index contributed by atoms with van der Waals surface area (Å²) in [7, 11) is 0. The van der Waals surface area contributed by atoms with E-state index < -0.39 is 0 Å². The van der Waals surface area contributed by atoms with E-state index >= 15 is 0 Å². The van der Waals surface area contributed by atoms with Gasteiger partial charge in [-0.25, -0.2) is 0 Å². The van der Waals surface area contributed by atoms with Crippen LogP contribution in [0.4, 0.5) is 0 Å². The summed E-state index contributed by atoms with van der Waals surface area (Å²) in [6, 6.07) is 0. The molecule has 0 heterocycles. The largest absolute Gasteiger partial charge is 0.0654 e. The summed E-state index contributed by atoms with van der Waals surface area (Å²) >= 11 is 0. The highest BCUT2D eigenvalue weighted by Gasteiger charge is 2.67. The third-order valence-corrected chi connectivity index (χ3v) is 3.46. The van der Waals surface area contributed by atoms with Gasteiger partial charge in [-0.2, -0.15) is 0 Å². The lowest BCUT2D eigenvalue weighted by Gasteiger charge is -1.93. The van der Waals surface area contributed by atoms with Crippen LogP contribution in [0.15, 0.2) is 0 Å². The first kappa shape index (κ1) is 6.69. The molecule has 0 N–H and O–H groups in total. The molecule has 2 aliphatic rings. The van der Waals surface area contributed by atoms with Crippen molar-refractivity contribution in [3.8, 4) is 0 Å². The van der Waals surface area contributed by atoms with Gasteiger partial charge in [0.05, 0.1) is 0 Å². The minimum absolute atomic E-state index is 0.815. The normalized spacial score (nSPS) is 49.8. The molecule has 0 unspecified atom stereocenters. The van der Waals surface area contributed by atoms with Gasteiger partial charge in [-0.05, 0) is 43.4 Å². The van der Waals surface area contributed by atoms with Crippen molar-refractivity contribution >= 4 is 0 Å². The van der Waals surface area contributed by atoms with E-state index in [9.17, 15) is 0 Å². The lowest BCUT2D eigenvalue weighted by molar-refractivity contribution is 0.586.